The molecule has 0 aliphatic carbocycles. The SMILES string of the molecule is Cc1cc(CCNCC[N+](C)(C)C)ccc1N=Nc1ccc([N+](=O)[O-])cc1C#N.O=S(=O)([O-])O. The lowest BCUT2D eigenvalue weighted by Gasteiger charge is -2.23. The molecule has 13 heteroatoms. The van der Waals surface area contributed by atoms with Gasteiger partial charge in [0.2, 0.25) is 10.4 Å². The third-order valence-electron chi connectivity index (χ3n) is 4.39. The molecule has 0 unspecified atom stereocenters. The number of likely N-dealkylation sites (N-methyl/N-ethyl adjacent to an activating group) is 1. The fraction of sp³-hybridized carbons (Fsp3) is 0.381. The van der Waals surface area contributed by atoms with Crippen LogP contribution >= 0.6 is 0 Å². The first kappa shape index (κ1) is 28.8. The van der Waals surface area contributed by atoms with E-state index in [0.717, 1.165) is 36.1 Å². The van der Waals surface area contributed by atoms with E-state index in [1.807, 2.05) is 25.1 Å². The minimum atomic E-state index is -4.92. The van der Waals surface area contributed by atoms with E-state index >= 15 is 0 Å². The van der Waals surface area contributed by atoms with Crippen molar-refractivity contribution in [1.29, 1.82) is 5.26 Å². The van der Waals surface area contributed by atoms with Crippen LogP contribution < -0.4 is 5.32 Å². The molecule has 0 fully saturated rings. The Labute approximate surface area is 198 Å². The number of nitriles is 1. The number of quaternary nitrogens is 1. The molecule has 184 valence electrons. The average molecular weight is 493 g/mol. The largest absolute Gasteiger partial charge is 0.726 e. The summed E-state index contributed by atoms with van der Waals surface area (Å²) in [5, 5.41) is 31.8. The third-order valence-corrected chi connectivity index (χ3v) is 4.39. The molecule has 0 atom stereocenters. The van der Waals surface area contributed by atoms with Crippen LogP contribution in [-0.2, 0) is 16.8 Å². The molecule has 0 aliphatic rings. The number of azo groups is 1. The molecule has 0 saturated heterocycles. The highest BCUT2D eigenvalue weighted by Gasteiger charge is 2.10. The van der Waals surface area contributed by atoms with Gasteiger partial charge in [-0.25, -0.2) is 8.42 Å². The first-order valence-corrected chi connectivity index (χ1v) is 11.5. The Morgan fingerprint density at radius 2 is 1.71 bits per heavy atom. The molecule has 0 aromatic heterocycles. The molecule has 0 heterocycles. The summed E-state index contributed by atoms with van der Waals surface area (Å²) in [6, 6.07) is 11.9. The smallest absolute Gasteiger partial charge is 0.270 e. The number of hydrogen-bond acceptors (Lipinski definition) is 9. The lowest BCUT2D eigenvalue weighted by atomic mass is 10.1. The molecule has 2 N–H and O–H groups in total. The van der Waals surface area contributed by atoms with E-state index in [1.165, 1.54) is 23.8 Å². The number of rotatable bonds is 9. The summed E-state index contributed by atoms with van der Waals surface area (Å²) in [4.78, 5) is 10.3. The molecule has 2 rings (SSSR count). The first-order valence-electron chi connectivity index (χ1n) is 10.1. The van der Waals surface area contributed by atoms with E-state index in [0.29, 0.717) is 11.4 Å². The lowest BCUT2D eigenvalue weighted by Crippen LogP contribution is -2.40. The van der Waals surface area contributed by atoms with Crippen LogP contribution in [0.1, 0.15) is 16.7 Å². The monoisotopic (exact) mass is 492 g/mol. The molecule has 0 spiro atoms. The van der Waals surface area contributed by atoms with E-state index in [1.54, 1.807) is 0 Å². The topological polar surface area (TPSA) is 181 Å². The molecule has 0 amide bonds. The summed E-state index contributed by atoms with van der Waals surface area (Å²) in [6.45, 7) is 4.93. The minimum absolute atomic E-state index is 0.122. The molecule has 0 radical (unpaired) electrons. The van der Waals surface area contributed by atoms with Gasteiger partial charge >= 0.3 is 0 Å². The summed E-state index contributed by atoms with van der Waals surface area (Å²) in [7, 11) is 1.61. The Balaban J connectivity index is 0.00000104. The van der Waals surface area contributed by atoms with Crippen LogP contribution in [0.4, 0.5) is 17.1 Å². The summed E-state index contributed by atoms with van der Waals surface area (Å²) in [5.41, 5.74) is 3.19. The van der Waals surface area contributed by atoms with Crippen molar-refractivity contribution in [3.05, 3.63) is 63.2 Å². The number of non-ortho nitro benzene ring substituents is 1. The van der Waals surface area contributed by atoms with Gasteiger partial charge in [0.05, 0.1) is 43.9 Å². The van der Waals surface area contributed by atoms with Gasteiger partial charge in [-0.05, 0) is 43.1 Å². The zero-order valence-electron chi connectivity index (χ0n) is 19.4. The van der Waals surface area contributed by atoms with Crippen LogP contribution in [0.3, 0.4) is 0 Å². The van der Waals surface area contributed by atoms with Gasteiger partial charge in [0.25, 0.3) is 5.69 Å². The summed E-state index contributed by atoms with van der Waals surface area (Å²) < 4.78 is 33.8. The Bertz CT molecular complexity index is 1160. The van der Waals surface area contributed by atoms with Gasteiger partial charge in [-0.1, -0.05) is 12.1 Å². The van der Waals surface area contributed by atoms with Crippen molar-refractivity contribution in [3.8, 4) is 6.07 Å². The summed E-state index contributed by atoms with van der Waals surface area (Å²) in [6.07, 6.45) is 0.927. The van der Waals surface area contributed by atoms with Gasteiger partial charge in [0, 0.05) is 18.7 Å². The Morgan fingerprint density at radius 3 is 2.24 bits per heavy atom. The molecule has 0 aliphatic heterocycles. The van der Waals surface area contributed by atoms with E-state index in [4.69, 9.17) is 17.5 Å². The average Bonchev–Trinajstić information content (AvgIpc) is 2.70. The minimum Gasteiger partial charge on any atom is -0.726 e. The van der Waals surface area contributed by atoms with Gasteiger partial charge in [-0.15, -0.1) is 5.11 Å². The standard InChI is InChI=1S/C21H27N6O2.H2O4S/c1-16-13-17(9-10-23-11-12-27(2,3)4)5-7-20(16)24-25-21-8-6-19(26(28)29)14-18(21)15-22;1-5(2,3)4/h5-8,13-14,23H,9-12H2,1-4H3;(H2,1,2,3,4)/q+1;/p-1. The highest BCUT2D eigenvalue weighted by atomic mass is 32.3. The van der Waals surface area contributed by atoms with Gasteiger partial charge in [-0.2, -0.15) is 10.4 Å². The summed E-state index contributed by atoms with van der Waals surface area (Å²) in [5.74, 6) is 0. The number of nitro groups is 1. The molecular formula is C21H28N6O6S. The predicted molar refractivity (Wildman–Crippen MR) is 125 cm³/mol. The normalized spacial score (nSPS) is 11.6. The Kier molecular flexibility index (Phi) is 10.8. The number of nitrogens with one attached hydrogen (secondary N) is 1. The molecular weight excluding hydrogens is 464 g/mol. The van der Waals surface area contributed by atoms with Crippen molar-refractivity contribution < 1.29 is 26.9 Å². The highest BCUT2D eigenvalue weighted by molar-refractivity contribution is 7.79. The van der Waals surface area contributed by atoms with Crippen LogP contribution in [0.15, 0.2) is 46.6 Å². The van der Waals surface area contributed by atoms with E-state index in [2.05, 4.69) is 42.8 Å². The van der Waals surface area contributed by atoms with Gasteiger partial charge in [-0.3, -0.25) is 14.7 Å². The van der Waals surface area contributed by atoms with Crippen molar-refractivity contribution in [2.75, 3.05) is 40.8 Å². The molecule has 0 saturated carbocycles. The second kappa shape index (κ2) is 12.8. The van der Waals surface area contributed by atoms with Gasteiger partial charge in [0.15, 0.2) is 0 Å². The zero-order chi connectivity index (χ0) is 25.9. The van der Waals surface area contributed by atoms with E-state index in [-0.39, 0.29) is 11.3 Å². The Hall–Kier alpha value is -3.28. The van der Waals surface area contributed by atoms with Crippen molar-refractivity contribution in [3.63, 3.8) is 0 Å². The maximum atomic E-state index is 10.8. The number of hydrogen-bond donors (Lipinski definition) is 2. The second-order valence-corrected chi connectivity index (χ2v) is 9.19. The van der Waals surface area contributed by atoms with Crippen LogP contribution in [0.2, 0.25) is 0 Å². The maximum absolute atomic E-state index is 10.8. The summed E-state index contributed by atoms with van der Waals surface area (Å²) >= 11 is 0. The molecule has 2 aromatic rings. The van der Waals surface area contributed by atoms with Gasteiger partial charge < -0.3 is 14.4 Å². The van der Waals surface area contributed by atoms with Crippen molar-refractivity contribution in [2.24, 2.45) is 10.2 Å². The third kappa shape index (κ3) is 12.1. The molecule has 12 nitrogen and oxygen atoms in total. The molecule has 0 bridgehead atoms. The van der Waals surface area contributed by atoms with Crippen molar-refractivity contribution in [1.82, 2.24) is 5.32 Å². The molecule has 2 aromatic carbocycles. The zero-order valence-corrected chi connectivity index (χ0v) is 20.2. The number of nitrogens with zero attached hydrogens (tertiary/aromatic N) is 5. The van der Waals surface area contributed by atoms with E-state index < -0.39 is 15.3 Å². The molecule has 34 heavy (non-hydrogen) atoms. The maximum Gasteiger partial charge on any atom is 0.270 e. The fourth-order valence-corrected chi connectivity index (χ4v) is 2.68. The number of nitro benzene ring substituents is 1. The first-order chi connectivity index (χ1) is 15.7. The second-order valence-electron chi connectivity index (χ2n) is 8.33. The quantitative estimate of drug-likeness (QED) is 0.102. The van der Waals surface area contributed by atoms with Crippen molar-refractivity contribution in [2.45, 2.75) is 13.3 Å². The van der Waals surface area contributed by atoms with Crippen LogP contribution in [0.25, 0.3) is 0 Å². The van der Waals surface area contributed by atoms with Crippen LogP contribution in [0, 0.1) is 28.4 Å². The fourth-order valence-electron chi connectivity index (χ4n) is 2.68. The van der Waals surface area contributed by atoms with Crippen LogP contribution in [-0.4, -0.2) is 67.7 Å². The van der Waals surface area contributed by atoms with E-state index in [9.17, 15) is 15.4 Å². The van der Waals surface area contributed by atoms with Crippen molar-refractivity contribution >= 4 is 27.5 Å². The Morgan fingerprint density at radius 1 is 1.12 bits per heavy atom. The number of aryl methyl sites for hydroxylation is 1. The number of benzene rings is 2. The highest BCUT2D eigenvalue weighted by Crippen LogP contribution is 2.27. The van der Waals surface area contributed by atoms with Gasteiger partial charge in [0.1, 0.15) is 11.8 Å². The predicted octanol–water partition coefficient (Wildman–Crippen LogP) is 3.03. The van der Waals surface area contributed by atoms with Crippen LogP contribution in [0.5, 0.6) is 0 Å². The lowest BCUT2D eigenvalue weighted by molar-refractivity contribution is -0.869.